The molecule has 5 nitrogen and oxygen atoms in total. The van der Waals surface area contributed by atoms with Crippen LogP contribution in [0.2, 0.25) is 0 Å². The van der Waals surface area contributed by atoms with E-state index in [2.05, 4.69) is 10.3 Å². The molecular weight excluding hydrogens is 206 g/mol. The van der Waals surface area contributed by atoms with Gasteiger partial charge in [0.05, 0.1) is 18.2 Å². The van der Waals surface area contributed by atoms with E-state index in [0.717, 1.165) is 5.52 Å². The molecule has 0 spiro atoms. The number of hydrogen-bond acceptors (Lipinski definition) is 4. The molecule has 1 atom stereocenters. The molecule has 1 aromatic heterocycles. The lowest BCUT2D eigenvalue weighted by atomic mass is 10.1. The zero-order valence-corrected chi connectivity index (χ0v) is 9.33. The van der Waals surface area contributed by atoms with Crippen LogP contribution in [0.5, 0.6) is 5.75 Å². The molecular formula is C11H15N3O2. The van der Waals surface area contributed by atoms with Crippen molar-refractivity contribution in [1.29, 1.82) is 0 Å². The summed E-state index contributed by atoms with van der Waals surface area (Å²) in [7, 11) is 0. The second-order valence-electron chi connectivity index (χ2n) is 4.20. The number of benzene rings is 1. The van der Waals surface area contributed by atoms with E-state index in [0.29, 0.717) is 5.52 Å². The summed E-state index contributed by atoms with van der Waals surface area (Å²) in [5.74, 6) is 0.438. The summed E-state index contributed by atoms with van der Waals surface area (Å²) in [6.45, 7) is 4.07. The first-order chi connectivity index (χ1) is 7.63. The molecule has 2 aromatic rings. The smallest absolute Gasteiger partial charge is 0.117 e. The number of nitrogens with zero attached hydrogens (tertiary/aromatic N) is 3. The Morgan fingerprint density at radius 1 is 1.38 bits per heavy atom. The molecule has 5 heteroatoms. The molecule has 0 bridgehead atoms. The Morgan fingerprint density at radius 3 is 2.75 bits per heavy atom. The van der Waals surface area contributed by atoms with Gasteiger partial charge >= 0.3 is 0 Å². The van der Waals surface area contributed by atoms with Crippen molar-refractivity contribution in [2.75, 3.05) is 6.61 Å². The van der Waals surface area contributed by atoms with Gasteiger partial charge < -0.3 is 10.2 Å². The fourth-order valence-electron chi connectivity index (χ4n) is 1.75. The van der Waals surface area contributed by atoms with Gasteiger partial charge in [0.1, 0.15) is 11.3 Å². The van der Waals surface area contributed by atoms with Gasteiger partial charge in [-0.2, -0.15) is 0 Å². The minimum absolute atomic E-state index is 0.0248. The van der Waals surface area contributed by atoms with Crippen molar-refractivity contribution in [3.05, 3.63) is 18.2 Å². The first-order valence-electron chi connectivity index (χ1n) is 5.28. The van der Waals surface area contributed by atoms with Crippen LogP contribution in [-0.2, 0) is 0 Å². The molecule has 0 saturated carbocycles. The number of rotatable bonds is 3. The Kier molecular flexibility index (Phi) is 2.78. The standard InChI is InChI=1S/C11H15N3O2/c1-7(2)11(6-15)14-10-4-3-8(16)5-9(10)12-13-14/h3-5,7,11,15-16H,6H2,1-2H3. The Bertz CT molecular complexity index is 493. The van der Waals surface area contributed by atoms with Gasteiger partial charge in [0, 0.05) is 6.07 Å². The molecule has 1 unspecified atom stereocenters. The van der Waals surface area contributed by atoms with Crippen LogP contribution in [0.25, 0.3) is 11.0 Å². The number of aromatic hydroxyl groups is 1. The Hall–Kier alpha value is -1.62. The number of aliphatic hydroxyl groups excluding tert-OH is 1. The van der Waals surface area contributed by atoms with Crippen LogP contribution in [0.3, 0.4) is 0 Å². The van der Waals surface area contributed by atoms with Crippen molar-refractivity contribution < 1.29 is 10.2 Å². The number of phenols is 1. The van der Waals surface area contributed by atoms with Crippen molar-refractivity contribution in [3.63, 3.8) is 0 Å². The van der Waals surface area contributed by atoms with Crippen LogP contribution in [0.4, 0.5) is 0 Å². The van der Waals surface area contributed by atoms with Crippen molar-refractivity contribution >= 4 is 11.0 Å². The van der Waals surface area contributed by atoms with Crippen LogP contribution in [-0.4, -0.2) is 31.8 Å². The Balaban J connectivity index is 2.52. The monoisotopic (exact) mass is 221 g/mol. The highest BCUT2D eigenvalue weighted by Gasteiger charge is 2.18. The number of aromatic nitrogens is 3. The average Bonchev–Trinajstić information content (AvgIpc) is 2.62. The van der Waals surface area contributed by atoms with Gasteiger partial charge in [0.15, 0.2) is 0 Å². The maximum absolute atomic E-state index is 9.34. The van der Waals surface area contributed by atoms with E-state index in [-0.39, 0.29) is 24.3 Å². The lowest BCUT2D eigenvalue weighted by Gasteiger charge is -2.18. The zero-order chi connectivity index (χ0) is 11.7. The van der Waals surface area contributed by atoms with Crippen LogP contribution in [0.15, 0.2) is 18.2 Å². The Morgan fingerprint density at radius 2 is 2.12 bits per heavy atom. The average molecular weight is 221 g/mol. The minimum atomic E-state index is -0.0884. The van der Waals surface area contributed by atoms with E-state index in [1.165, 1.54) is 0 Å². The predicted octanol–water partition coefficient (Wildman–Crippen LogP) is 1.33. The van der Waals surface area contributed by atoms with Gasteiger partial charge in [-0.3, -0.25) is 0 Å². The molecule has 86 valence electrons. The van der Waals surface area contributed by atoms with Gasteiger partial charge in [-0.25, -0.2) is 4.68 Å². The molecule has 2 rings (SSSR count). The molecule has 1 aromatic carbocycles. The third-order valence-electron chi connectivity index (χ3n) is 2.73. The fraction of sp³-hybridized carbons (Fsp3) is 0.455. The molecule has 0 aliphatic rings. The zero-order valence-electron chi connectivity index (χ0n) is 9.33. The second kappa shape index (κ2) is 4.09. The number of phenolic OH excluding ortho intramolecular Hbond substituents is 1. The normalized spacial score (nSPS) is 13.5. The lowest BCUT2D eigenvalue weighted by Crippen LogP contribution is -2.20. The van der Waals surface area contributed by atoms with Gasteiger partial charge in [-0.05, 0) is 18.1 Å². The molecule has 0 amide bonds. The maximum atomic E-state index is 9.34. The molecule has 0 aliphatic carbocycles. The van der Waals surface area contributed by atoms with Crippen molar-refractivity contribution in [2.24, 2.45) is 5.92 Å². The summed E-state index contributed by atoms with van der Waals surface area (Å²) in [6, 6.07) is 4.83. The van der Waals surface area contributed by atoms with Gasteiger partial charge in [-0.15, -0.1) is 5.10 Å². The van der Waals surface area contributed by atoms with Crippen LogP contribution >= 0.6 is 0 Å². The van der Waals surface area contributed by atoms with E-state index < -0.39 is 0 Å². The highest BCUT2D eigenvalue weighted by molar-refractivity contribution is 5.76. The second-order valence-corrected chi connectivity index (χ2v) is 4.20. The van der Waals surface area contributed by atoms with Crippen molar-refractivity contribution in [2.45, 2.75) is 19.9 Å². The molecule has 0 aliphatic heterocycles. The van der Waals surface area contributed by atoms with Crippen LogP contribution < -0.4 is 0 Å². The lowest BCUT2D eigenvalue weighted by molar-refractivity contribution is 0.184. The third kappa shape index (κ3) is 1.74. The molecule has 0 radical (unpaired) electrons. The SMILES string of the molecule is CC(C)C(CO)n1nnc2cc(O)ccc21. The van der Waals surface area contributed by atoms with Gasteiger partial charge in [-0.1, -0.05) is 19.1 Å². The van der Waals surface area contributed by atoms with Crippen molar-refractivity contribution in [1.82, 2.24) is 15.0 Å². The predicted molar refractivity (Wildman–Crippen MR) is 60.2 cm³/mol. The molecule has 0 saturated heterocycles. The summed E-state index contributed by atoms with van der Waals surface area (Å²) >= 11 is 0. The Labute approximate surface area is 93.3 Å². The molecule has 0 fully saturated rings. The molecule has 2 N–H and O–H groups in total. The number of hydrogen-bond donors (Lipinski definition) is 2. The quantitative estimate of drug-likeness (QED) is 0.820. The topological polar surface area (TPSA) is 71.2 Å². The minimum Gasteiger partial charge on any atom is -0.508 e. The molecule has 1 heterocycles. The number of aliphatic hydroxyl groups is 1. The van der Waals surface area contributed by atoms with E-state index in [9.17, 15) is 10.2 Å². The molecule has 16 heavy (non-hydrogen) atoms. The highest BCUT2D eigenvalue weighted by Crippen LogP contribution is 2.23. The highest BCUT2D eigenvalue weighted by atomic mass is 16.3. The number of fused-ring (bicyclic) bond motifs is 1. The summed E-state index contributed by atoms with van der Waals surface area (Å²) < 4.78 is 1.71. The largest absolute Gasteiger partial charge is 0.508 e. The summed E-state index contributed by atoms with van der Waals surface area (Å²) in [6.07, 6.45) is 0. The van der Waals surface area contributed by atoms with Gasteiger partial charge in [0.2, 0.25) is 0 Å². The first-order valence-corrected chi connectivity index (χ1v) is 5.28. The van der Waals surface area contributed by atoms with E-state index >= 15 is 0 Å². The summed E-state index contributed by atoms with van der Waals surface area (Å²) in [5, 5.41) is 26.7. The van der Waals surface area contributed by atoms with Crippen LogP contribution in [0.1, 0.15) is 19.9 Å². The maximum Gasteiger partial charge on any atom is 0.117 e. The summed E-state index contributed by atoms with van der Waals surface area (Å²) in [4.78, 5) is 0. The van der Waals surface area contributed by atoms with Crippen molar-refractivity contribution in [3.8, 4) is 5.75 Å². The first kappa shape index (κ1) is 10.9. The fourth-order valence-corrected chi connectivity index (χ4v) is 1.75. The summed E-state index contributed by atoms with van der Waals surface area (Å²) in [5.41, 5.74) is 1.46. The van der Waals surface area contributed by atoms with Gasteiger partial charge in [0.25, 0.3) is 0 Å². The third-order valence-corrected chi connectivity index (χ3v) is 2.73. The van der Waals surface area contributed by atoms with Crippen LogP contribution in [0, 0.1) is 5.92 Å². The van der Waals surface area contributed by atoms with E-state index in [4.69, 9.17) is 0 Å². The van der Waals surface area contributed by atoms with E-state index in [1.807, 2.05) is 13.8 Å². The van der Waals surface area contributed by atoms with E-state index in [1.54, 1.807) is 22.9 Å².